The van der Waals surface area contributed by atoms with Gasteiger partial charge in [0.05, 0.1) is 17.9 Å². The lowest BCUT2D eigenvalue weighted by atomic mass is 9.76. The summed E-state index contributed by atoms with van der Waals surface area (Å²) in [6, 6.07) is 3.15. The number of halogens is 5. The zero-order chi connectivity index (χ0) is 26.1. The highest BCUT2D eigenvalue weighted by molar-refractivity contribution is 5.67. The first kappa shape index (κ1) is 28.5. The van der Waals surface area contributed by atoms with E-state index in [4.69, 9.17) is 0 Å². The fourth-order valence-corrected chi connectivity index (χ4v) is 4.91. The first-order valence-corrected chi connectivity index (χ1v) is 11.8. The Bertz CT molecular complexity index is 822. The first-order valence-electron chi connectivity index (χ1n) is 11.8. The lowest BCUT2D eigenvalue weighted by Gasteiger charge is -2.50. The lowest BCUT2D eigenvalue weighted by Crippen LogP contribution is -2.54. The van der Waals surface area contributed by atoms with Gasteiger partial charge in [0.15, 0.2) is 0 Å². The van der Waals surface area contributed by atoms with Gasteiger partial charge in [-0.1, -0.05) is 53.7 Å². The highest BCUT2D eigenvalue weighted by atomic mass is 19.4. The molecule has 194 valence electrons. The topological polar surface area (TPSA) is 40.5 Å². The van der Waals surface area contributed by atoms with Crippen LogP contribution in [-0.4, -0.2) is 34.5 Å². The number of likely N-dealkylation sites (tertiary alicyclic amines) is 1. The Hall–Kier alpha value is -1.70. The second-order valence-corrected chi connectivity index (χ2v) is 12.0. The predicted molar refractivity (Wildman–Crippen MR) is 123 cm³/mol. The van der Waals surface area contributed by atoms with Gasteiger partial charge in [0.2, 0.25) is 0 Å². The van der Waals surface area contributed by atoms with Crippen LogP contribution >= 0.6 is 0 Å². The van der Waals surface area contributed by atoms with E-state index in [0.29, 0.717) is 12.0 Å². The van der Waals surface area contributed by atoms with Crippen LogP contribution < -0.4 is 0 Å². The minimum absolute atomic E-state index is 0.0141. The molecule has 8 heteroatoms. The number of piperidine rings is 1. The maximum atomic E-state index is 15.1. The summed E-state index contributed by atoms with van der Waals surface area (Å²) in [5.74, 6) is -6.11. The van der Waals surface area contributed by atoms with Crippen molar-refractivity contribution in [3.05, 3.63) is 35.4 Å². The smallest absolute Gasteiger partial charge is 0.416 e. The van der Waals surface area contributed by atoms with Crippen LogP contribution in [0.1, 0.15) is 90.8 Å². The summed E-state index contributed by atoms with van der Waals surface area (Å²) in [5, 5.41) is 9.43. The molecular formula is C26H38F5NO2. The number of nitrogens with zero attached hydrogens (tertiary/aromatic N) is 1. The summed E-state index contributed by atoms with van der Waals surface area (Å²) < 4.78 is 69.6. The maximum Gasteiger partial charge on any atom is 0.416 e. The van der Waals surface area contributed by atoms with E-state index in [-0.39, 0.29) is 23.4 Å². The van der Waals surface area contributed by atoms with Gasteiger partial charge in [-0.2, -0.15) is 13.2 Å². The largest absolute Gasteiger partial charge is 0.481 e. The standard InChI is InChI=1S/C26H38F5NO2/c1-23(2,3)12-11-19(16-24(4,5)6)32-14-13-25(27,28)20(15-21(33)34)22(32)17-7-9-18(10-8-17)26(29,30)31/h7-10,19-20,22H,11-16H2,1-6H3,(H,33,34). The van der Waals surface area contributed by atoms with E-state index in [9.17, 15) is 23.1 Å². The number of rotatable bonds is 7. The fraction of sp³-hybridized carbons (Fsp3) is 0.731. The lowest BCUT2D eigenvalue weighted by molar-refractivity contribution is -0.164. The van der Waals surface area contributed by atoms with Crippen molar-refractivity contribution in [3.8, 4) is 0 Å². The van der Waals surface area contributed by atoms with Gasteiger partial charge in [-0.3, -0.25) is 9.69 Å². The van der Waals surface area contributed by atoms with Gasteiger partial charge in [-0.25, -0.2) is 8.78 Å². The third-order valence-electron chi connectivity index (χ3n) is 6.50. The van der Waals surface area contributed by atoms with Gasteiger partial charge in [-0.05, 0) is 47.8 Å². The van der Waals surface area contributed by atoms with Crippen LogP contribution in [0.2, 0.25) is 0 Å². The molecule has 0 aromatic heterocycles. The van der Waals surface area contributed by atoms with E-state index in [2.05, 4.69) is 41.5 Å². The Labute approximate surface area is 199 Å². The average molecular weight is 492 g/mol. The highest BCUT2D eigenvalue weighted by Crippen LogP contribution is 2.49. The molecule has 34 heavy (non-hydrogen) atoms. The van der Waals surface area contributed by atoms with E-state index in [1.807, 2.05) is 4.90 Å². The number of carboxylic acids is 1. The van der Waals surface area contributed by atoms with Crippen molar-refractivity contribution in [1.29, 1.82) is 0 Å². The van der Waals surface area contributed by atoms with E-state index >= 15 is 8.78 Å². The van der Waals surface area contributed by atoms with Crippen LogP contribution in [-0.2, 0) is 11.0 Å². The summed E-state index contributed by atoms with van der Waals surface area (Å²) in [7, 11) is 0. The Balaban J connectivity index is 2.57. The Kier molecular flexibility index (Phi) is 8.49. The zero-order valence-electron chi connectivity index (χ0n) is 21.0. The molecule has 3 unspecified atom stereocenters. The number of alkyl halides is 5. The molecule has 0 spiro atoms. The predicted octanol–water partition coefficient (Wildman–Crippen LogP) is 7.81. The van der Waals surface area contributed by atoms with Crippen molar-refractivity contribution >= 4 is 5.97 Å². The Morgan fingerprint density at radius 2 is 1.62 bits per heavy atom. The zero-order valence-corrected chi connectivity index (χ0v) is 21.0. The Morgan fingerprint density at radius 1 is 1.06 bits per heavy atom. The van der Waals surface area contributed by atoms with Crippen molar-refractivity contribution in [2.75, 3.05) is 6.54 Å². The Morgan fingerprint density at radius 3 is 2.06 bits per heavy atom. The highest BCUT2D eigenvalue weighted by Gasteiger charge is 2.52. The molecule has 1 aliphatic rings. The summed E-state index contributed by atoms with van der Waals surface area (Å²) >= 11 is 0. The minimum Gasteiger partial charge on any atom is -0.481 e. The molecule has 0 aliphatic carbocycles. The molecule has 1 saturated heterocycles. The number of hydrogen-bond acceptors (Lipinski definition) is 2. The van der Waals surface area contributed by atoms with Crippen molar-refractivity contribution in [2.24, 2.45) is 16.7 Å². The molecule has 1 heterocycles. The normalized spacial score (nSPS) is 23.0. The quantitative estimate of drug-likeness (QED) is 0.396. The molecule has 2 rings (SSSR count). The molecule has 3 nitrogen and oxygen atoms in total. The van der Waals surface area contributed by atoms with Crippen molar-refractivity contribution in [3.63, 3.8) is 0 Å². The number of benzene rings is 1. The van der Waals surface area contributed by atoms with Crippen molar-refractivity contribution in [1.82, 2.24) is 4.90 Å². The molecule has 3 atom stereocenters. The number of carboxylic acid groups (broad SMARTS) is 1. The maximum absolute atomic E-state index is 15.1. The van der Waals surface area contributed by atoms with Crippen LogP contribution in [0.4, 0.5) is 22.0 Å². The molecule has 0 bridgehead atoms. The molecule has 0 amide bonds. The van der Waals surface area contributed by atoms with E-state index < -0.39 is 48.4 Å². The van der Waals surface area contributed by atoms with Crippen molar-refractivity contribution < 1.29 is 31.9 Å². The minimum atomic E-state index is -4.54. The second-order valence-electron chi connectivity index (χ2n) is 12.0. The summed E-state index contributed by atoms with van der Waals surface area (Å²) in [6.07, 6.45) is -3.51. The molecular weight excluding hydrogens is 453 g/mol. The van der Waals surface area contributed by atoms with Crippen LogP contribution in [0, 0.1) is 16.7 Å². The summed E-state index contributed by atoms with van der Waals surface area (Å²) in [4.78, 5) is 13.5. The van der Waals surface area contributed by atoms with Gasteiger partial charge < -0.3 is 5.11 Å². The van der Waals surface area contributed by atoms with Gasteiger partial charge >= 0.3 is 12.1 Å². The monoisotopic (exact) mass is 491 g/mol. The first-order chi connectivity index (χ1) is 15.3. The molecule has 1 aliphatic heterocycles. The second kappa shape index (κ2) is 10.1. The molecule has 1 aromatic rings. The number of aliphatic carboxylic acids is 1. The number of hydrogen-bond donors (Lipinski definition) is 1. The van der Waals surface area contributed by atoms with Crippen molar-refractivity contribution in [2.45, 2.75) is 97.8 Å². The molecule has 0 saturated carbocycles. The SMILES string of the molecule is CC(C)(C)CCC(CC(C)(C)C)N1CCC(F)(F)C(CC(=O)O)C1c1ccc(C(F)(F)F)cc1. The van der Waals surface area contributed by atoms with Crippen LogP contribution in [0.25, 0.3) is 0 Å². The molecule has 1 fully saturated rings. The van der Waals surface area contributed by atoms with E-state index in [1.165, 1.54) is 12.1 Å². The van der Waals surface area contributed by atoms with Gasteiger partial charge in [0, 0.05) is 25.0 Å². The third-order valence-corrected chi connectivity index (χ3v) is 6.50. The molecule has 1 N–H and O–H groups in total. The van der Waals surface area contributed by atoms with Crippen LogP contribution in [0.3, 0.4) is 0 Å². The molecule has 1 aromatic carbocycles. The van der Waals surface area contributed by atoms with Crippen LogP contribution in [0.15, 0.2) is 24.3 Å². The van der Waals surface area contributed by atoms with Gasteiger partial charge in [0.25, 0.3) is 5.92 Å². The third kappa shape index (κ3) is 7.92. The van der Waals surface area contributed by atoms with Crippen LogP contribution in [0.5, 0.6) is 0 Å². The van der Waals surface area contributed by atoms with Gasteiger partial charge in [0.1, 0.15) is 0 Å². The van der Waals surface area contributed by atoms with E-state index in [1.54, 1.807) is 0 Å². The van der Waals surface area contributed by atoms with Gasteiger partial charge in [-0.15, -0.1) is 0 Å². The summed E-state index contributed by atoms with van der Waals surface area (Å²) in [6.45, 7) is 12.6. The number of carbonyl (C=O) groups is 1. The summed E-state index contributed by atoms with van der Waals surface area (Å²) in [5.41, 5.74) is -0.664. The van der Waals surface area contributed by atoms with E-state index in [0.717, 1.165) is 25.0 Å². The fourth-order valence-electron chi connectivity index (χ4n) is 4.91. The average Bonchev–Trinajstić information content (AvgIpc) is 2.64. The molecule has 0 radical (unpaired) electrons.